The number of imide groups is 1. The van der Waals surface area contributed by atoms with Gasteiger partial charge < -0.3 is 20.4 Å². The Hall–Kier alpha value is -5.60. The first kappa shape index (κ1) is 37.0. The second-order valence-electron chi connectivity index (χ2n) is 16.2. The molecule has 2 aromatic carbocycles. The predicted molar refractivity (Wildman–Crippen MR) is 223 cm³/mol. The number of nitrogens with zero attached hydrogens (tertiary/aromatic N) is 9. The summed E-state index contributed by atoms with van der Waals surface area (Å²) in [5, 5.41) is 14.9. The minimum Gasteiger partial charge on any atom is -0.372 e. The van der Waals surface area contributed by atoms with Crippen LogP contribution in [0.5, 0.6) is 0 Å². The van der Waals surface area contributed by atoms with Crippen LogP contribution in [0.2, 0.25) is 0 Å². The average Bonchev–Trinajstić information content (AvgIpc) is 3.78. The maximum absolute atomic E-state index is 12.5. The van der Waals surface area contributed by atoms with E-state index >= 15 is 0 Å². The number of fused-ring (bicyclic) bond motifs is 2. The highest BCUT2D eigenvalue weighted by Crippen LogP contribution is 2.33. The maximum Gasteiger partial charge on any atom is 0.243 e. The Morgan fingerprint density at radius 1 is 0.825 bits per heavy atom. The number of amides is 2. The van der Waals surface area contributed by atoms with Crippen molar-refractivity contribution >= 4 is 57.5 Å². The minimum atomic E-state index is -0.215. The van der Waals surface area contributed by atoms with Gasteiger partial charge in [0.15, 0.2) is 11.5 Å². The van der Waals surface area contributed by atoms with Crippen LogP contribution in [0.3, 0.4) is 0 Å². The third-order valence-electron chi connectivity index (χ3n) is 12.4. The van der Waals surface area contributed by atoms with Gasteiger partial charge in [-0.1, -0.05) is 24.3 Å². The fourth-order valence-electron chi connectivity index (χ4n) is 9.00. The summed E-state index contributed by atoms with van der Waals surface area (Å²) in [5.41, 5.74) is 8.85. The molecule has 0 aliphatic carbocycles. The molecule has 4 aliphatic heterocycles. The molecule has 1 unspecified atom stereocenters. The van der Waals surface area contributed by atoms with Crippen molar-refractivity contribution in [1.82, 2.24) is 39.8 Å². The molecule has 3 N–H and O–H groups in total. The zero-order valence-corrected chi connectivity index (χ0v) is 33.2. The molecule has 4 aliphatic rings. The fraction of sp³-hybridized carbons (Fsp3) is 0.442. The first-order valence-corrected chi connectivity index (χ1v) is 20.4. The highest BCUT2D eigenvalue weighted by atomic mass is 16.2. The molecule has 57 heavy (non-hydrogen) atoms. The van der Waals surface area contributed by atoms with E-state index in [0.717, 1.165) is 110 Å². The molecule has 2 amide bonds. The Kier molecular flexibility index (Phi) is 10.2. The highest BCUT2D eigenvalue weighted by molar-refractivity contribution is 6.00. The Bertz CT molecular complexity index is 2250. The van der Waals surface area contributed by atoms with Crippen molar-refractivity contribution in [3.05, 3.63) is 83.2 Å². The van der Waals surface area contributed by atoms with Crippen LogP contribution in [0.15, 0.2) is 60.9 Å². The van der Waals surface area contributed by atoms with Crippen LogP contribution in [0.25, 0.3) is 11.0 Å². The molecular formula is C43H52N12O2. The normalized spacial score (nSPS) is 19.6. The number of anilines is 6. The van der Waals surface area contributed by atoms with E-state index in [1.165, 1.54) is 36.1 Å². The number of carbonyl (C=O) groups excluding carboxylic acids is 2. The number of piperidine rings is 2. The zero-order chi connectivity index (χ0) is 39.0. The molecule has 1 atom stereocenters. The quantitative estimate of drug-likeness (QED) is 0.157. The van der Waals surface area contributed by atoms with Gasteiger partial charge in [0.1, 0.15) is 5.82 Å². The second kappa shape index (κ2) is 15.7. The Labute approximate surface area is 333 Å². The summed E-state index contributed by atoms with van der Waals surface area (Å²) in [6.07, 6.45) is 8.38. The zero-order valence-electron chi connectivity index (χ0n) is 33.2. The number of piperazine rings is 1. The molecule has 3 fully saturated rings. The van der Waals surface area contributed by atoms with E-state index in [2.05, 4.69) is 96.8 Å². The molecule has 0 spiro atoms. The van der Waals surface area contributed by atoms with E-state index in [-0.39, 0.29) is 17.9 Å². The van der Waals surface area contributed by atoms with Crippen molar-refractivity contribution in [2.45, 2.75) is 65.1 Å². The van der Waals surface area contributed by atoms with E-state index in [0.29, 0.717) is 18.8 Å². The van der Waals surface area contributed by atoms with Crippen molar-refractivity contribution in [2.75, 3.05) is 66.2 Å². The number of rotatable bonds is 10. The molecule has 0 saturated carbocycles. The fourth-order valence-corrected chi connectivity index (χ4v) is 9.00. The van der Waals surface area contributed by atoms with Gasteiger partial charge >= 0.3 is 0 Å². The van der Waals surface area contributed by atoms with Crippen LogP contribution in [-0.4, -0.2) is 98.2 Å². The summed E-state index contributed by atoms with van der Waals surface area (Å²) in [7, 11) is 1.90. The molecule has 9 rings (SSSR count). The van der Waals surface area contributed by atoms with Gasteiger partial charge in [0, 0.05) is 83.4 Å². The van der Waals surface area contributed by atoms with Crippen molar-refractivity contribution < 1.29 is 9.59 Å². The lowest BCUT2D eigenvalue weighted by molar-refractivity contribution is -0.137. The summed E-state index contributed by atoms with van der Waals surface area (Å²) in [6.45, 7) is 13.1. The van der Waals surface area contributed by atoms with Gasteiger partial charge in [-0.25, -0.2) is 14.6 Å². The van der Waals surface area contributed by atoms with Crippen molar-refractivity contribution in [1.29, 1.82) is 0 Å². The Morgan fingerprint density at radius 3 is 2.37 bits per heavy atom. The lowest BCUT2D eigenvalue weighted by atomic mass is 9.92. The van der Waals surface area contributed by atoms with Gasteiger partial charge in [0.05, 0.1) is 23.3 Å². The van der Waals surface area contributed by atoms with Crippen LogP contribution >= 0.6 is 0 Å². The molecule has 0 bridgehead atoms. The first-order valence-electron chi connectivity index (χ1n) is 20.4. The number of aryl methyl sites for hydroxylation is 3. The number of para-hydroxylation sites is 1. The van der Waals surface area contributed by atoms with E-state index in [1.807, 2.05) is 25.5 Å². The molecule has 0 radical (unpaired) electrons. The Morgan fingerprint density at radius 2 is 1.61 bits per heavy atom. The van der Waals surface area contributed by atoms with Crippen LogP contribution in [0, 0.1) is 19.8 Å². The standard InChI is InChI=1S/C43H52N12O2/c1-28-5-4-6-29(2)39(28)48-40-35-25-45-43(49-41(35)51(3)50-40)46-33-8-11-37(44-24-33)54-21-19-52(20-22-54)16-13-30-14-17-53(18-15-30)34-9-7-31-26-55(27-32(31)23-34)36-10-12-38(56)47-42(36)57/h4-9,11,23-25,30,36H,10,12-22,26-27H2,1-3H3,(H,48,50)(H,45,46,49)(H,47,56,57). The summed E-state index contributed by atoms with van der Waals surface area (Å²) in [6, 6.07) is 17.0. The van der Waals surface area contributed by atoms with Crippen molar-refractivity contribution in [2.24, 2.45) is 13.0 Å². The smallest absolute Gasteiger partial charge is 0.243 e. The van der Waals surface area contributed by atoms with Gasteiger partial charge in [-0.05, 0) is 98.5 Å². The van der Waals surface area contributed by atoms with E-state index in [9.17, 15) is 9.59 Å². The van der Waals surface area contributed by atoms with Crippen LogP contribution in [-0.2, 0) is 29.7 Å². The number of nitrogens with one attached hydrogen (secondary N) is 3. The number of hydrogen-bond acceptors (Lipinski definition) is 12. The van der Waals surface area contributed by atoms with E-state index < -0.39 is 0 Å². The van der Waals surface area contributed by atoms with Crippen molar-refractivity contribution in [3.63, 3.8) is 0 Å². The summed E-state index contributed by atoms with van der Waals surface area (Å²) in [5.74, 6) is 2.68. The SMILES string of the molecule is Cc1cccc(C)c1Nc1nn(C)c2nc(Nc3ccc(N4CCN(CCC5CCN(c6ccc7c(c6)CN(C6CCC(=O)NC6=O)C7)CC5)CC4)nc3)ncc12. The number of benzene rings is 2. The third kappa shape index (κ3) is 7.88. The number of pyridine rings is 1. The van der Waals surface area contributed by atoms with E-state index in [4.69, 9.17) is 15.1 Å². The summed E-state index contributed by atoms with van der Waals surface area (Å²) >= 11 is 0. The van der Waals surface area contributed by atoms with Gasteiger partial charge in [-0.3, -0.25) is 24.7 Å². The lowest BCUT2D eigenvalue weighted by Crippen LogP contribution is -2.50. The molecule has 14 heteroatoms. The van der Waals surface area contributed by atoms with Crippen LogP contribution in [0.1, 0.15) is 54.4 Å². The largest absolute Gasteiger partial charge is 0.372 e. The van der Waals surface area contributed by atoms with Gasteiger partial charge in [0.25, 0.3) is 0 Å². The van der Waals surface area contributed by atoms with Gasteiger partial charge in [0.2, 0.25) is 17.8 Å². The highest BCUT2D eigenvalue weighted by Gasteiger charge is 2.35. The first-order chi connectivity index (χ1) is 27.7. The Balaban J connectivity index is 0.715. The van der Waals surface area contributed by atoms with Gasteiger partial charge in [-0.15, -0.1) is 0 Å². The molecule has 7 heterocycles. The number of carbonyl (C=O) groups is 2. The molecular weight excluding hydrogens is 717 g/mol. The maximum atomic E-state index is 12.5. The lowest BCUT2D eigenvalue weighted by Gasteiger charge is -2.37. The van der Waals surface area contributed by atoms with Crippen LogP contribution in [0.4, 0.5) is 34.6 Å². The molecule has 3 saturated heterocycles. The summed E-state index contributed by atoms with van der Waals surface area (Å²) in [4.78, 5) is 48.0. The third-order valence-corrected chi connectivity index (χ3v) is 12.4. The van der Waals surface area contributed by atoms with Crippen molar-refractivity contribution in [3.8, 4) is 0 Å². The monoisotopic (exact) mass is 768 g/mol. The average molecular weight is 769 g/mol. The topological polar surface area (TPSA) is 140 Å². The van der Waals surface area contributed by atoms with Crippen LogP contribution < -0.4 is 25.8 Å². The molecule has 14 nitrogen and oxygen atoms in total. The number of aromatic nitrogens is 5. The second-order valence-corrected chi connectivity index (χ2v) is 16.2. The summed E-state index contributed by atoms with van der Waals surface area (Å²) < 4.78 is 1.78. The molecule has 5 aromatic rings. The minimum absolute atomic E-state index is 0.149. The van der Waals surface area contributed by atoms with E-state index in [1.54, 1.807) is 4.68 Å². The number of hydrogen-bond donors (Lipinski definition) is 3. The molecule has 3 aromatic heterocycles. The predicted octanol–water partition coefficient (Wildman–Crippen LogP) is 5.41. The molecule has 296 valence electrons. The van der Waals surface area contributed by atoms with Gasteiger partial charge in [-0.2, -0.15) is 10.1 Å².